The van der Waals surface area contributed by atoms with Crippen LogP contribution in [0, 0.1) is 11.8 Å². The fourth-order valence-electron chi connectivity index (χ4n) is 3.28. The summed E-state index contributed by atoms with van der Waals surface area (Å²) in [6.45, 7) is 4.72. The number of oxazole rings is 1. The Morgan fingerprint density at radius 1 is 1.32 bits per heavy atom. The molecule has 0 saturated heterocycles. The number of hydrogen-bond acceptors (Lipinski definition) is 4. The lowest BCUT2D eigenvalue weighted by Gasteiger charge is -2.17. The molecular formula is C19H26ClN3O2. The van der Waals surface area contributed by atoms with E-state index in [9.17, 15) is 4.79 Å². The van der Waals surface area contributed by atoms with Gasteiger partial charge in [0.2, 0.25) is 11.8 Å². The molecule has 2 aromatic rings. The van der Waals surface area contributed by atoms with Gasteiger partial charge in [0.1, 0.15) is 5.76 Å². The van der Waals surface area contributed by atoms with Crippen LogP contribution in [0.15, 0.2) is 34.9 Å². The summed E-state index contributed by atoms with van der Waals surface area (Å²) in [7, 11) is 0. The van der Waals surface area contributed by atoms with Gasteiger partial charge in [-0.2, -0.15) is 0 Å². The van der Waals surface area contributed by atoms with E-state index in [4.69, 9.17) is 10.2 Å². The molecule has 3 N–H and O–H groups in total. The molecule has 0 aliphatic heterocycles. The molecule has 0 spiro atoms. The largest absolute Gasteiger partial charge is 0.441 e. The minimum absolute atomic E-state index is 0. The van der Waals surface area contributed by atoms with Crippen molar-refractivity contribution in [1.29, 1.82) is 0 Å². The first kappa shape index (κ1) is 19.5. The number of carbonyl (C=O) groups excluding carboxylic acids is 1. The summed E-state index contributed by atoms with van der Waals surface area (Å²) in [6.07, 6.45) is 4.83. The quantitative estimate of drug-likeness (QED) is 0.834. The predicted molar refractivity (Wildman–Crippen MR) is 102 cm³/mol. The number of nitrogens with one attached hydrogen (secondary N) is 1. The van der Waals surface area contributed by atoms with Gasteiger partial charge in [0.05, 0.1) is 6.20 Å². The second-order valence-corrected chi connectivity index (χ2v) is 6.82. The van der Waals surface area contributed by atoms with Crippen molar-refractivity contribution < 1.29 is 9.21 Å². The molecule has 1 heterocycles. The lowest BCUT2D eigenvalue weighted by molar-refractivity contribution is -0.120. The van der Waals surface area contributed by atoms with E-state index in [1.165, 1.54) is 0 Å². The molecule has 2 atom stereocenters. The van der Waals surface area contributed by atoms with Crippen molar-refractivity contribution in [2.24, 2.45) is 17.6 Å². The van der Waals surface area contributed by atoms with Crippen molar-refractivity contribution in [3.8, 4) is 11.5 Å². The van der Waals surface area contributed by atoms with Gasteiger partial charge in [0.15, 0.2) is 0 Å². The zero-order chi connectivity index (χ0) is 17.1. The number of aromatic nitrogens is 1. The van der Waals surface area contributed by atoms with E-state index in [1.807, 2.05) is 24.3 Å². The Morgan fingerprint density at radius 3 is 2.64 bits per heavy atom. The summed E-state index contributed by atoms with van der Waals surface area (Å²) in [5.41, 5.74) is 7.46. The van der Waals surface area contributed by atoms with Crippen molar-refractivity contribution in [1.82, 2.24) is 4.98 Å². The molecular weight excluding hydrogens is 338 g/mol. The highest BCUT2D eigenvalue weighted by Gasteiger charge is 2.31. The normalized spacial score (nSPS) is 19.7. The zero-order valence-corrected chi connectivity index (χ0v) is 15.5. The summed E-state index contributed by atoms with van der Waals surface area (Å²) in [4.78, 5) is 16.7. The Morgan fingerprint density at radius 2 is 2.04 bits per heavy atom. The molecule has 1 saturated carbocycles. The second-order valence-electron chi connectivity index (χ2n) is 6.82. The van der Waals surface area contributed by atoms with Crippen LogP contribution in [0.4, 0.5) is 5.69 Å². The van der Waals surface area contributed by atoms with E-state index in [0.29, 0.717) is 24.3 Å². The van der Waals surface area contributed by atoms with E-state index in [1.54, 1.807) is 6.20 Å². The molecule has 1 amide bonds. The first-order valence-corrected chi connectivity index (χ1v) is 8.65. The number of anilines is 1. The van der Waals surface area contributed by atoms with Crippen molar-refractivity contribution in [3.63, 3.8) is 0 Å². The lowest BCUT2D eigenvalue weighted by atomic mass is 9.95. The Labute approximate surface area is 154 Å². The Hall–Kier alpha value is -1.85. The van der Waals surface area contributed by atoms with Gasteiger partial charge in [-0.1, -0.05) is 20.3 Å². The molecule has 1 aromatic heterocycles. The van der Waals surface area contributed by atoms with E-state index in [0.717, 1.165) is 36.3 Å². The molecule has 0 bridgehead atoms. The number of amides is 1. The smallest absolute Gasteiger partial charge is 0.227 e. The van der Waals surface area contributed by atoms with Gasteiger partial charge in [-0.15, -0.1) is 12.4 Å². The van der Waals surface area contributed by atoms with E-state index in [2.05, 4.69) is 24.1 Å². The van der Waals surface area contributed by atoms with Crippen LogP contribution >= 0.6 is 12.4 Å². The van der Waals surface area contributed by atoms with Gasteiger partial charge < -0.3 is 15.5 Å². The van der Waals surface area contributed by atoms with E-state index < -0.39 is 0 Å². The minimum Gasteiger partial charge on any atom is -0.441 e. The molecule has 0 unspecified atom stereocenters. The van der Waals surface area contributed by atoms with Gasteiger partial charge in [0, 0.05) is 23.1 Å². The maximum atomic E-state index is 12.4. The van der Waals surface area contributed by atoms with Gasteiger partial charge >= 0.3 is 0 Å². The van der Waals surface area contributed by atoms with Crippen LogP contribution in [0.2, 0.25) is 0 Å². The highest BCUT2D eigenvalue weighted by molar-refractivity contribution is 5.93. The van der Waals surface area contributed by atoms with Crippen LogP contribution in [0.5, 0.6) is 0 Å². The third-order valence-corrected chi connectivity index (χ3v) is 4.79. The summed E-state index contributed by atoms with van der Waals surface area (Å²) >= 11 is 0. The monoisotopic (exact) mass is 363 g/mol. The Kier molecular flexibility index (Phi) is 6.62. The Balaban J connectivity index is 0.00000225. The second kappa shape index (κ2) is 8.50. The SMILES string of the molecule is CC(C)c1cnc(-c2ccc(NC(=O)[C@@H]3CCC[C@@H]3CN)cc2)o1.Cl. The number of benzene rings is 1. The maximum absolute atomic E-state index is 12.4. The van der Waals surface area contributed by atoms with Crippen LogP contribution in [-0.2, 0) is 4.79 Å². The molecule has 0 radical (unpaired) electrons. The van der Waals surface area contributed by atoms with Gasteiger partial charge in [-0.3, -0.25) is 4.79 Å². The summed E-state index contributed by atoms with van der Waals surface area (Å²) < 4.78 is 5.75. The molecule has 1 aliphatic rings. The predicted octanol–water partition coefficient (Wildman–Crippen LogP) is 4.20. The molecule has 136 valence electrons. The highest BCUT2D eigenvalue weighted by atomic mass is 35.5. The number of nitrogens with zero attached hydrogens (tertiary/aromatic N) is 1. The highest BCUT2D eigenvalue weighted by Crippen LogP contribution is 2.32. The van der Waals surface area contributed by atoms with Crippen molar-refractivity contribution in [3.05, 3.63) is 36.2 Å². The average Bonchev–Trinajstić information content (AvgIpc) is 3.24. The van der Waals surface area contributed by atoms with Gasteiger partial charge in [-0.25, -0.2) is 4.98 Å². The summed E-state index contributed by atoms with van der Waals surface area (Å²) in [5, 5.41) is 3.00. The van der Waals surface area contributed by atoms with Crippen molar-refractivity contribution in [2.75, 3.05) is 11.9 Å². The Bertz CT molecular complexity index is 697. The first-order chi connectivity index (χ1) is 11.6. The third-order valence-electron chi connectivity index (χ3n) is 4.79. The molecule has 5 nitrogen and oxygen atoms in total. The fraction of sp³-hybridized carbons (Fsp3) is 0.474. The van der Waals surface area contributed by atoms with E-state index in [-0.39, 0.29) is 24.2 Å². The number of rotatable bonds is 5. The minimum atomic E-state index is 0. The standard InChI is InChI=1S/C19H25N3O2.ClH/c1-12(2)17-11-21-19(24-17)13-6-8-15(9-7-13)22-18(23)16-5-3-4-14(16)10-20;/h6-9,11-12,14,16H,3-5,10,20H2,1-2H3,(H,22,23);1H/t14-,16-;/m1./s1. The van der Waals surface area contributed by atoms with Crippen LogP contribution in [0.1, 0.15) is 44.8 Å². The van der Waals surface area contributed by atoms with Crippen LogP contribution < -0.4 is 11.1 Å². The molecule has 1 aliphatic carbocycles. The number of carbonyl (C=O) groups is 1. The van der Waals surface area contributed by atoms with E-state index >= 15 is 0 Å². The molecule has 1 aromatic carbocycles. The number of hydrogen-bond donors (Lipinski definition) is 2. The molecule has 6 heteroatoms. The maximum Gasteiger partial charge on any atom is 0.227 e. The third kappa shape index (κ3) is 4.41. The van der Waals surface area contributed by atoms with Crippen LogP contribution in [0.25, 0.3) is 11.5 Å². The number of halogens is 1. The summed E-state index contributed by atoms with van der Waals surface area (Å²) in [6, 6.07) is 7.61. The van der Waals surface area contributed by atoms with Crippen LogP contribution in [0.3, 0.4) is 0 Å². The average molecular weight is 364 g/mol. The van der Waals surface area contributed by atoms with Crippen LogP contribution in [-0.4, -0.2) is 17.4 Å². The van der Waals surface area contributed by atoms with Crippen molar-refractivity contribution >= 4 is 24.0 Å². The fourth-order valence-corrected chi connectivity index (χ4v) is 3.28. The number of nitrogens with two attached hydrogens (primary N) is 1. The molecule has 25 heavy (non-hydrogen) atoms. The zero-order valence-electron chi connectivity index (χ0n) is 14.7. The lowest BCUT2D eigenvalue weighted by Crippen LogP contribution is -2.29. The topological polar surface area (TPSA) is 81.2 Å². The van der Waals surface area contributed by atoms with Gasteiger partial charge in [-0.05, 0) is 49.6 Å². The molecule has 1 fully saturated rings. The first-order valence-electron chi connectivity index (χ1n) is 8.65. The summed E-state index contributed by atoms with van der Waals surface area (Å²) in [5.74, 6) is 2.22. The van der Waals surface area contributed by atoms with Crippen molar-refractivity contribution in [2.45, 2.75) is 39.0 Å². The van der Waals surface area contributed by atoms with Gasteiger partial charge in [0.25, 0.3) is 0 Å². The molecule has 3 rings (SSSR count).